The highest BCUT2D eigenvalue weighted by Crippen LogP contribution is 2.43. The number of para-hydroxylation sites is 1. The van der Waals surface area contributed by atoms with Gasteiger partial charge in [-0.1, -0.05) is 121 Å². The summed E-state index contributed by atoms with van der Waals surface area (Å²) in [6, 6.07) is 59.1. The van der Waals surface area contributed by atoms with Gasteiger partial charge in [0.2, 0.25) is 0 Å². The highest BCUT2D eigenvalue weighted by Gasteiger charge is 2.16. The number of thiophene rings is 1. The topological polar surface area (TPSA) is 3.24 Å². The van der Waals surface area contributed by atoms with Crippen LogP contribution in [0, 0.1) is 0 Å². The van der Waals surface area contributed by atoms with Crippen LogP contribution in [-0.2, 0) is 0 Å². The van der Waals surface area contributed by atoms with Crippen molar-refractivity contribution < 1.29 is 0 Å². The van der Waals surface area contributed by atoms with E-state index in [1.807, 2.05) is 11.3 Å². The maximum Gasteiger partial charge on any atom is 0.0476 e. The van der Waals surface area contributed by atoms with Gasteiger partial charge in [-0.3, -0.25) is 0 Å². The second-order valence-electron chi connectivity index (χ2n) is 10.6. The van der Waals surface area contributed by atoms with Gasteiger partial charge < -0.3 is 4.90 Å². The minimum atomic E-state index is 1.14. The van der Waals surface area contributed by atoms with Gasteiger partial charge in [-0.25, -0.2) is 0 Å². The van der Waals surface area contributed by atoms with Gasteiger partial charge in [0.1, 0.15) is 0 Å². The number of fused-ring (bicyclic) bond motifs is 5. The number of hydrogen-bond acceptors (Lipinski definition) is 2. The summed E-state index contributed by atoms with van der Waals surface area (Å²) in [5, 5.41) is 5.27. The van der Waals surface area contributed by atoms with Crippen LogP contribution in [0.1, 0.15) is 0 Å². The lowest BCUT2D eigenvalue weighted by Gasteiger charge is -2.26. The number of nitrogens with zero attached hydrogens (tertiary/aromatic N) is 1. The summed E-state index contributed by atoms with van der Waals surface area (Å²) in [6.45, 7) is 0. The molecule has 0 amide bonds. The van der Waals surface area contributed by atoms with Crippen molar-refractivity contribution in [1.29, 1.82) is 0 Å². The molecule has 0 aliphatic carbocycles. The van der Waals surface area contributed by atoms with E-state index in [-0.39, 0.29) is 0 Å². The minimum absolute atomic E-state index is 1.14. The molecule has 8 rings (SSSR count). The smallest absolute Gasteiger partial charge is 0.0476 e. The Hall–Kier alpha value is -5.18. The van der Waals surface area contributed by atoms with Gasteiger partial charge in [0, 0.05) is 37.2 Å². The molecule has 0 saturated carbocycles. The largest absolute Gasteiger partial charge is 0.310 e. The second kappa shape index (κ2) is 10.3. The summed E-state index contributed by atoms with van der Waals surface area (Å²) in [4.78, 5) is 2.36. The fourth-order valence-corrected chi connectivity index (χ4v) is 7.16. The van der Waals surface area contributed by atoms with E-state index in [0.29, 0.717) is 0 Å². The molecule has 0 bridgehead atoms. The van der Waals surface area contributed by atoms with E-state index in [0.717, 1.165) is 17.1 Å². The summed E-state index contributed by atoms with van der Waals surface area (Å²) >= 11 is 1.87. The third-order valence-electron chi connectivity index (χ3n) is 8.05. The molecular formula is C40H27NS. The molecule has 2 heteroatoms. The zero-order valence-corrected chi connectivity index (χ0v) is 23.8. The average molecular weight is 554 g/mol. The summed E-state index contributed by atoms with van der Waals surface area (Å²) in [7, 11) is 0. The number of hydrogen-bond donors (Lipinski definition) is 0. The lowest BCUT2D eigenvalue weighted by Crippen LogP contribution is -2.09. The molecule has 0 fully saturated rings. The fourth-order valence-electron chi connectivity index (χ4n) is 6.01. The fraction of sp³-hybridized carbons (Fsp3) is 0. The van der Waals surface area contributed by atoms with Crippen molar-refractivity contribution in [3.63, 3.8) is 0 Å². The summed E-state index contributed by atoms with van der Waals surface area (Å²) in [5.41, 5.74) is 8.29. The van der Waals surface area contributed by atoms with Crippen LogP contribution in [0.3, 0.4) is 0 Å². The van der Waals surface area contributed by atoms with E-state index in [9.17, 15) is 0 Å². The van der Waals surface area contributed by atoms with Gasteiger partial charge in [0.15, 0.2) is 0 Å². The monoisotopic (exact) mass is 553 g/mol. The van der Waals surface area contributed by atoms with Crippen molar-refractivity contribution >= 4 is 59.3 Å². The van der Waals surface area contributed by atoms with Crippen molar-refractivity contribution in [3.05, 3.63) is 164 Å². The van der Waals surface area contributed by atoms with Crippen LogP contribution >= 0.6 is 11.3 Å². The molecule has 1 nitrogen and oxygen atoms in total. The van der Waals surface area contributed by atoms with Gasteiger partial charge in [-0.2, -0.15) is 0 Å². The molecule has 1 aromatic heterocycles. The number of benzene rings is 7. The molecular weight excluding hydrogens is 527 g/mol. The molecule has 42 heavy (non-hydrogen) atoms. The number of rotatable bonds is 5. The Morgan fingerprint density at radius 2 is 0.976 bits per heavy atom. The molecule has 1 heterocycles. The van der Waals surface area contributed by atoms with Crippen LogP contribution in [0.2, 0.25) is 0 Å². The van der Waals surface area contributed by atoms with Crippen molar-refractivity contribution in [2.24, 2.45) is 0 Å². The van der Waals surface area contributed by atoms with Crippen LogP contribution < -0.4 is 4.90 Å². The maximum absolute atomic E-state index is 2.36. The van der Waals surface area contributed by atoms with E-state index in [4.69, 9.17) is 0 Å². The van der Waals surface area contributed by atoms with Crippen LogP contribution in [0.25, 0.3) is 53.2 Å². The first-order chi connectivity index (χ1) is 20.8. The van der Waals surface area contributed by atoms with Gasteiger partial charge >= 0.3 is 0 Å². The first-order valence-corrected chi connectivity index (χ1v) is 15.1. The Kier molecular flexibility index (Phi) is 6.05. The van der Waals surface area contributed by atoms with Gasteiger partial charge in [0.05, 0.1) is 0 Å². The molecule has 0 unspecified atom stereocenters. The van der Waals surface area contributed by atoms with E-state index in [1.165, 1.54) is 53.2 Å². The number of anilines is 3. The van der Waals surface area contributed by atoms with Crippen molar-refractivity contribution in [2.75, 3.05) is 4.90 Å². The Labute approximate surface area is 249 Å². The Morgan fingerprint density at radius 1 is 0.357 bits per heavy atom. The van der Waals surface area contributed by atoms with Crippen LogP contribution in [-0.4, -0.2) is 0 Å². The highest BCUT2D eigenvalue weighted by atomic mass is 32.1. The third kappa shape index (κ3) is 4.34. The standard InChI is InChI=1S/C40H27NS/c1-3-10-28(11-4-1)29-18-20-30(21-19-29)32-13-9-16-34(26-32)41(33-14-5-2-6-15-33)35-23-24-37-39(27-35)42-38-25-22-31-12-7-8-17-36(31)40(37)38/h1-27H. The van der Waals surface area contributed by atoms with Gasteiger partial charge in [-0.05, 0) is 75.5 Å². The molecule has 0 atom stereocenters. The summed E-state index contributed by atoms with van der Waals surface area (Å²) in [5.74, 6) is 0. The van der Waals surface area contributed by atoms with Crippen molar-refractivity contribution in [1.82, 2.24) is 0 Å². The third-order valence-corrected chi connectivity index (χ3v) is 9.17. The zero-order valence-electron chi connectivity index (χ0n) is 22.9. The molecule has 0 N–H and O–H groups in total. The molecule has 0 saturated heterocycles. The molecule has 0 spiro atoms. The normalized spacial score (nSPS) is 11.3. The molecule has 8 aromatic rings. The first-order valence-electron chi connectivity index (χ1n) is 14.3. The first kappa shape index (κ1) is 24.6. The molecule has 0 radical (unpaired) electrons. The lowest BCUT2D eigenvalue weighted by atomic mass is 9.99. The van der Waals surface area contributed by atoms with Crippen molar-refractivity contribution in [2.45, 2.75) is 0 Å². The predicted octanol–water partition coefficient (Wildman–Crippen LogP) is 12.0. The molecule has 0 aliphatic heterocycles. The minimum Gasteiger partial charge on any atom is -0.310 e. The highest BCUT2D eigenvalue weighted by molar-refractivity contribution is 7.26. The second-order valence-corrected chi connectivity index (χ2v) is 11.7. The van der Waals surface area contributed by atoms with Gasteiger partial charge in [0.25, 0.3) is 0 Å². The average Bonchev–Trinajstić information content (AvgIpc) is 3.45. The summed E-state index contributed by atoms with van der Waals surface area (Å²) < 4.78 is 2.63. The zero-order chi connectivity index (χ0) is 27.9. The van der Waals surface area contributed by atoms with Crippen LogP contribution in [0.15, 0.2) is 164 Å². The predicted molar refractivity (Wildman–Crippen MR) is 182 cm³/mol. The Morgan fingerprint density at radius 3 is 1.79 bits per heavy atom. The summed E-state index contributed by atoms with van der Waals surface area (Å²) in [6.07, 6.45) is 0. The van der Waals surface area contributed by atoms with Gasteiger partial charge in [-0.15, -0.1) is 11.3 Å². The van der Waals surface area contributed by atoms with E-state index in [1.54, 1.807) is 0 Å². The lowest BCUT2D eigenvalue weighted by molar-refractivity contribution is 1.29. The van der Waals surface area contributed by atoms with E-state index < -0.39 is 0 Å². The van der Waals surface area contributed by atoms with Crippen LogP contribution in [0.5, 0.6) is 0 Å². The van der Waals surface area contributed by atoms with E-state index in [2.05, 4.69) is 169 Å². The van der Waals surface area contributed by atoms with E-state index >= 15 is 0 Å². The Balaban J connectivity index is 1.23. The quantitative estimate of drug-likeness (QED) is 0.205. The molecule has 7 aromatic carbocycles. The van der Waals surface area contributed by atoms with Crippen LogP contribution in [0.4, 0.5) is 17.1 Å². The Bertz CT molecular complexity index is 2180. The molecule has 0 aliphatic rings. The maximum atomic E-state index is 2.36. The molecule has 198 valence electrons. The SMILES string of the molecule is c1ccc(-c2ccc(-c3cccc(N(c4ccccc4)c4ccc5c(c4)sc4ccc6ccccc6c45)c3)cc2)cc1. The van der Waals surface area contributed by atoms with Crippen molar-refractivity contribution in [3.8, 4) is 22.3 Å².